The second-order valence-electron chi connectivity index (χ2n) is 5.42. The number of hydrogen-bond acceptors (Lipinski definition) is 3. The first-order valence-electron chi connectivity index (χ1n) is 7.90. The van der Waals surface area contributed by atoms with E-state index >= 15 is 0 Å². The third-order valence-corrected chi connectivity index (χ3v) is 3.77. The molecular formula is C19H24N2O2. The Morgan fingerprint density at radius 2 is 1.87 bits per heavy atom. The topological polar surface area (TPSA) is 50.4 Å². The van der Waals surface area contributed by atoms with Crippen molar-refractivity contribution in [2.24, 2.45) is 0 Å². The molecule has 122 valence electrons. The zero-order chi connectivity index (χ0) is 16.7. The molecule has 0 unspecified atom stereocenters. The van der Waals surface area contributed by atoms with E-state index in [4.69, 9.17) is 4.74 Å². The summed E-state index contributed by atoms with van der Waals surface area (Å²) >= 11 is 0. The molecule has 0 fully saturated rings. The second kappa shape index (κ2) is 8.22. The zero-order valence-corrected chi connectivity index (χ0v) is 14.0. The van der Waals surface area contributed by atoms with Crippen molar-refractivity contribution in [3.05, 3.63) is 53.6 Å². The summed E-state index contributed by atoms with van der Waals surface area (Å²) in [5, 5.41) is 6.27. The maximum absolute atomic E-state index is 12.0. The normalized spacial score (nSPS) is 10.2. The van der Waals surface area contributed by atoms with Crippen LogP contribution in [0.15, 0.2) is 42.5 Å². The monoisotopic (exact) mass is 312 g/mol. The van der Waals surface area contributed by atoms with Crippen LogP contribution in [0.3, 0.4) is 0 Å². The molecule has 0 spiro atoms. The Labute approximate surface area is 137 Å². The number of hydrogen-bond donors (Lipinski definition) is 2. The minimum Gasteiger partial charge on any atom is -0.497 e. The molecule has 0 heterocycles. The highest BCUT2D eigenvalue weighted by atomic mass is 16.5. The zero-order valence-electron chi connectivity index (χ0n) is 14.0. The van der Waals surface area contributed by atoms with Gasteiger partial charge in [0.2, 0.25) is 5.91 Å². The third-order valence-electron chi connectivity index (χ3n) is 3.77. The molecule has 4 nitrogen and oxygen atoms in total. The molecule has 0 radical (unpaired) electrons. The molecule has 1 amide bonds. The average molecular weight is 312 g/mol. The summed E-state index contributed by atoms with van der Waals surface area (Å²) in [5.74, 6) is 0.769. The van der Waals surface area contributed by atoms with Crippen LogP contribution in [-0.2, 0) is 11.2 Å². The van der Waals surface area contributed by atoms with Gasteiger partial charge in [0.1, 0.15) is 5.75 Å². The summed E-state index contributed by atoms with van der Waals surface area (Å²) in [4.78, 5) is 12.0. The lowest BCUT2D eigenvalue weighted by Gasteiger charge is -2.14. The van der Waals surface area contributed by atoms with E-state index in [2.05, 4.69) is 42.7 Å². The quantitative estimate of drug-likeness (QED) is 0.812. The van der Waals surface area contributed by atoms with Gasteiger partial charge in [0.15, 0.2) is 0 Å². The lowest BCUT2D eigenvalue weighted by atomic mass is 10.1. The lowest BCUT2D eigenvalue weighted by Crippen LogP contribution is -2.17. The van der Waals surface area contributed by atoms with Crippen LogP contribution in [-0.4, -0.2) is 19.6 Å². The van der Waals surface area contributed by atoms with Crippen molar-refractivity contribution in [3.8, 4) is 5.75 Å². The van der Waals surface area contributed by atoms with Gasteiger partial charge in [0.25, 0.3) is 0 Å². The van der Waals surface area contributed by atoms with Gasteiger partial charge in [0, 0.05) is 24.3 Å². The maximum Gasteiger partial charge on any atom is 0.226 e. The highest BCUT2D eigenvalue weighted by Crippen LogP contribution is 2.21. The van der Waals surface area contributed by atoms with Crippen molar-refractivity contribution in [2.75, 3.05) is 24.3 Å². The molecular weight excluding hydrogens is 288 g/mol. The fourth-order valence-electron chi connectivity index (χ4n) is 2.47. The molecule has 2 N–H and O–H groups in total. The number of ether oxygens (including phenoxy) is 1. The minimum atomic E-state index is -0.00528. The summed E-state index contributed by atoms with van der Waals surface area (Å²) in [6, 6.07) is 13.6. The van der Waals surface area contributed by atoms with Crippen molar-refractivity contribution in [3.63, 3.8) is 0 Å². The van der Waals surface area contributed by atoms with Gasteiger partial charge in [-0.05, 0) is 48.7 Å². The lowest BCUT2D eigenvalue weighted by molar-refractivity contribution is -0.115. The van der Waals surface area contributed by atoms with Gasteiger partial charge in [-0.15, -0.1) is 0 Å². The number of para-hydroxylation sites is 1. The molecule has 23 heavy (non-hydrogen) atoms. The summed E-state index contributed by atoms with van der Waals surface area (Å²) < 4.78 is 5.10. The largest absolute Gasteiger partial charge is 0.497 e. The van der Waals surface area contributed by atoms with E-state index in [0.29, 0.717) is 13.0 Å². The maximum atomic E-state index is 12.0. The Morgan fingerprint density at radius 3 is 2.52 bits per heavy atom. The number of amides is 1. The SMILES string of the molecule is CCc1cccc(C)c1NCCC(=O)Nc1ccc(OC)cc1. The standard InChI is InChI=1S/C19H24N2O2/c1-4-15-7-5-6-14(2)19(15)20-13-12-18(22)21-16-8-10-17(23-3)11-9-16/h5-11,20H,4,12-13H2,1-3H3,(H,21,22). The molecule has 0 saturated carbocycles. The van der Waals surface area contributed by atoms with E-state index in [1.54, 1.807) is 7.11 Å². The van der Waals surface area contributed by atoms with Crippen molar-refractivity contribution in [2.45, 2.75) is 26.7 Å². The van der Waals surface area contributed by atoms with Crippen LogP contribution in [0.2, 0.25) is 0 Å². The number of aryl methyl sites for hydroxylation is 2. The van der Waals surface area contributed by atoms with Crippen LogP contribution in [0.4, 0.5) is 11.4 Å². The molecule has 0 aromatic heterocycles. The molecule has 2 aromatic carbocycles. The van der Waals surface area contributed by atoms with Gasteiger partial charge in [-0.1, -0.05) is 25.1 Å². The first-order valence-corrected chi connectivity index (χ1v) is 7.90. The molecule has 0 aliphatic carbocycles. The number of carbonyl (C=O) groups is 1. The van der Waals surface area contributed by atoms with Crippen LogP contribution in [0.1, 0.15) is 24.5 Å². The number of rotatable bonds is 7. The molecule has 0 bridgehead atoms. The van der Waals surface area contributed by atoms with Crippen molar-refractivity contribution < 1.29 is 9.53 Å². The van der Waals surface area contributed by atoms with E-state index in [-0.39, 0.29) is 5.91 Å². The molecule has 2 aromatic rings. The first kappa shape index (κ1) is 16.9. The van der Waals surface area contributed by atoms with Crippen LogP contribution in [0, 0.1) is 6.92 Å². The number of anilines is 2. The molecule has 2 rings (SSSR count). The van der Waals surface area contributed by atoms with Gasteiger partial charge < -0.3 is 15.4 Å². The van der Waals surface area contributed by atoms with Gasteiger partial charge in [0.05, 0.1) is 7.11 Å². The Hall–Kier alpha value is -2.49. The van der Waals surface area contributed by atoms with Crippen LogP contribution < -0.4 is 15.4 Å². The molecule has 0 aliphatic rings. The summed E-state index contributed by atoms with van der Waals surface area (Å²) in [5.41, 5.74) is 4.41. The second-order valence-corrected chi connectivity index (χ2v) is 5.42. The predicted molar refractivity (Wildman–Crippen MR) is 95.3 cm³/mol. The van der Waals surface area contributed by atoms with Crippen molar-refractivity contribution >= 4 is 17.3 Å². The van der Waals surface area contributed by atoms with Crippen LogP contribution in [0.25, 0.3) is 0 Å². The first-order chi connectivity index (χ1) is 11.1. The van der Waals surface area contributed by atoms with E-state index in [1.807, 2.05) is 24.3 Å². The van der Waals surface area contributed by atoms with Gasteiger partial charge in [-0.3, -0.25) is 4.79 Å². The highest BCUT2D eigenvalue weighted by molar-refractivity contribution is 5.91. The summed E-state index contributed by atoms with van der Waals surface area (Å²) in [6.07, 6.45) is 1.39. The van der Waals surface area contributed by atoms with E-state index in [1.165, 1.54) is 11.1 Å². The Balaban J connectivity index is 1.85. The molecule has 0 aliphatic heterocycles. The average Bonchev–Trinajstić information content (AvgIpc) is 2.57. The Bertz CT molecular complexity index is 651. The van der Waals surface area contributed by atoms with E-state index < -0.39 is 0 Å². The minimum absolute atomic E-state index is 0.00528. The van der Waals surface area contributed by atoms with Gasteiger partial charge in [-0.25, -0.2) is 0 Å². The molecule has 0 atom stereocenters. The highest BCUT2D eigenvalue weighted by Gasteiger charge is 2.06. The fourth-order valence-corrected chi connectivity index (χ4v) is 2.47. The molecule has 4 heteroatoms. The van der Waals surface area contributed by atoms with Crippen molar-refractivity contribution in [1.29, 1.82) is 0 Å². The summed E-state index contributed by atoms with van der Waals surface area (Å²) in [7, 11) is 1.62. The number of methoxy groups -OCH3 is 1. The van der Waals surface area contributed by atoms with Crippen LogP contribution >= 0.6 is 0 Å². The van der Waals surface area contributed by atoms with E-state index in [0.717, 1.165) is 23.5 Å². The Morgan fingerprint density at radius 1 is 1.13 bits per heavy atom. The molecule has 0 saturated heterocycles. The third kappa shape index (κ3) is 4.74. The number of carbonyl (C=O) groups excluding carboxylic acids is 1. The fraction of sp³-hybridized carbons (Fsp3) is 0.316. The van der Waals surface area contributed by atoms with Gasteiger partial charge >= 0.3 is 0 Å². The Kier molecular flexibility index (Phi) is 6.03. The van der Waals surface area contributed by atoms with E-state index in [9.17, 15) is 4.79 Å². The van der Waals surface area contributed by atoms with Gasteiger partial charge in [-0.2, -0.15) is 0 Å². The smallest absolute Gasteiger partial charge is 0.226 e. The summed E-state index contributed by atoms with van der Waals surface area (Å²) in [6.45, 7) is 4.83. The van der Waals surface area contributed by atoms with Crippen LogP contribution in [0.5, 0.6) is 5.75 Å². The number of benzene rings is 2. The number of nitrogens with one attached hydrogen (secondary N) is 2. The predicted octanol–water partition coefficient (Wildman–Crippen LogP) is 4.01. The van der Waals surface area contributed by atoms with Crippen molar-refractivity contribution in [1.82, 2.24) is 0 Å².